The first kappa shape index (κ1) is 15.8. The molecule has 1 heterocycles. The summed E-state index contributed by atoms with van der Waals surface area (Å²) in [5.74, 6) is -2.83. The second kappa shape index (κ2) is 6.19. The van der Waals surface area contributed by atoms with Gasteiger partial charge in [-0.25, -0.2) is 18.6 Å². The molecule has 0 spiro atoms. The molecule has 0 amide bonds. The third kappa shape index (κ3) is 2.64. The molecule has 7 heteroatoms. The maximum atomic E-state index is 14.0. The van der Waals surface area contributed by atoms with Crippen LogP contribution in [-0.2, 0) is 4.74 Å². The molecule has 2 aromatic carbocycles. The van der Waals surface area contributed by atoms with Gasteiger partial charge in [-0.1, -0.05) is 30.3 Å². The molecule has 0 fully saturated rings. The van der Waals surface area contributed by atoms with Crippen molar-refractivity contribution in [2.24, 2.45) is 0 Å². The van der Waals surface area contributed by atoms with Gasteiger partial charge in [0.2, 0.25) is 5.52 Å². The van der Waals surface area contributed by atoms with Crippen molar-refractivity contribution in [3.8, 4) is 11.3 Å². The van der Waals surface area contributed by atoms with Gasteiger partial charge >= 0.3 is 11.7 Å². The minimum Gasteiger partial charge on any atom is -0.618 e. The summed E-state index contributed by atoms with van der Waals surface area (Å²) in [6.45, 7) is 1.63. The number of carbonyl (C=O) groups is 1. The number of hydrogen-bond acceptors (Lipinski definition) is 4. The van der Waals surface area contributed by atoms with Gasteiger partial charge in [0.1, 0.15) is 5.82 Å². The molecule has 0 bridgehead atoms. The molecule has 0 unspecified atom stereocenters. The number of hydrogen-bond donors (Lipinski definition) is 0. The second-order valence-electron chi connectivity index (χ2n) is 4.95. The van der Waals surface area contributed by atoms with Gasteiger partial charge in [-0.2, -0.15) is 4.73 Å². The zero-order chi connectivity index (χ0) is 17.3. The van der Waals surface area contributed by atoms with E-state index in [0.29, 0.717) is 11.6 Å². The number of ether oxygens (including phenoxy) is 1. The third-order valence-corrected chi connectivity index (χ3v) is 3.39. The Morgan fingerprint density at radius 1 is 1.25 bits per heavy atom. The largest absolute Gasteiger partial charge is 0.618 e. The van der Waals surface area contributed by atoms with Crippen LogP contribution in [-0.4, -0.2) is 17.6 Å². The van der Waals surface area contributed by atoms with E-state index in [-0.39, 0.29) is 28.1 Å². The molecule has 1 aromatic heterocycles. The average Bonchev–Trinajstić information content (AvgIpc) is 2.56. The van der Waals surface area contributed by atoms with E-state index in [1.54, 1.807) is 37.3 Å². The molecule has 122 valence electrons. The lowest BCUT2D eigenvalue weighted by atomic mass is 10.1. The molecule has 0 aliphatic rings. The molecule has 0 atom stereocenters. The van der Waals surface area contributed by atoms with E-state index >= 15 is 0 Å². The zero-order valence-corrected chi connectivity index (χ0v) is 12.6. The summed E-state index contributed by atoms with van der Waals surface area (Å²) in [6.07, 6.45) is 0. The Kier molecular flexibility index (Phi) is 4.07. The van der Waals surface area contributed by atoms with Crippen molar-refractivity contribution in [3.63, 3.8) is 0 Å². The summed E-state index contributed by atoms with van der Waals surface area (Å²) in [5, 5.41) is 12.6. The van der Waals surface area contributed by atoms with Gasteiger partial charge in [0.05, 0.1) is 6.61 Å². The van der Waals surface area contributed by atoms with Crippen molar-refractivity contribution in [2.75, 3.05) is 6.61 Å². The summed E-state index contributed by atoms with van der Waals surface area (Å²) in [5.41, 5.74) is -0.702. The molecule has 3 rings (SSSR count). The van der Waals surface area contributed by atoms with Crippen molar-refractivity contribution in [1.29, 1.82) is 0 Å². The highest BCUT2D eigenvalue weighted by molar-refractivity contribution is 5.94. The topological polar surface area (TPSA) is 66.1 Å². The highest BCUT2D eigenvalue weighted by atomic mass is 19.1. The van der Waals surface area contributed by atoms with E-state index in [1.165, 1.54) is 0 Å². The fourth-order valence-corrected chi connectivity index (χ4v) is 2.38. The fourth-order valence-electron chi connectivity index (χ4n) is 2.38. The summed E-state index contributed by atoms with van der Waals surface area (Å²) >= 11 is 0. The number of benzene rings is 2. The molecule has 0 saturated heterocycles. The van der Waals surface area contributed by atoms with Crippen molar-refractivity contribution in [3.05, 3.63) is 65.0 Å². The van der Waals surface area contributed by atoms with Crippen LogP contribution >= 0.6 is 0 Å². The molecule has 5 nitrogen and oxygen atoms in total. The summed E-state index contributed by atoms with van der Waals surface area (Å²) in [7, 11) is 0. The van der Waals surface area contributed by atoms with Crippen LogP contribution in [0.25, 0.3) is 22.3 Å². The van der Waals surface area contributed by atoms with E-state index in [9.17, 15) is 18.8 Å². The van der Waals surface area contributed by atoms with Gasteiger partial charge in [-0.05, 0) is 6.92 Å². The number of esters is 1. The van der Waals surface area contributed by atoms with Crippen molar-refractivity contribution >= 4 is 17.0 Å². The number of fused-ring (bicyclic) bond motifs is 1. The summed E-state index contributed by atoms with van der Waals surface area (Å²) < 4.78 is 32.5. The molecule has 24 heavy (non-hydrogen) atoms. The van der Waals surface area contributed by atoms with Gasteiger partial charge < -0.3 is 9.94 Å². The molecule has 3 aromatic rings. The standard InChI is InChI=1S/C17H12F2N2O3/c1-2-24-17(22)16-14(10-6-4-3-5-7-10)20-15-12(19)8-11(18)9-13(15)21(16)23/h3-9H,2H2,1H3. The Labute approximate surface area is 135 Å². The number of halogens is 2. The highest BCUT2D eigenvalue weighted by Crippen LogP contribution is 2.24. The van der Waals surface area contributed by atoms with Crippen LogP contribution in [0.1, 0.15) is 17.4 Å². The molecule has 0 radical (unpaired) electrons. The fraction of sp³-hybridized carbons (Fsp3) is 0.118. The molecule has 0 aliphatic carbocycles. The number of aromatic nitrogens is 2. The second-order valence-corrected chi connectivity index (χ2v) is 4.95. The lowest BCUT2D eigenvalue weighted by Gasteiger charge is -2.11. The molecule has 0 saturated carbocycles. The highest BCUT2D eigenvalue weighted by Gasteiger charge is 2.29. The third-order valence-electron chi connectivity index (χ3n) is 3.39. The smallest absolute Gasteiger partial charge is 0.407 e. The van der Waals surface area contributed by atoms with Crippen LogP contribution in [0.4, 0.5) is 8.78 Å². The quantitative estimate of drug-likeness (QED) is 0.421. The first-order valence-corrected chi connectivity index (χ1v) is 7.17. The van der Waals surface area contributed by atoms with Gasteiger partial charge in [0, 0.05) is 17.7 Å². The molecule has 0 aliphatic heterocycles. The van der Waals surface area contributed by atoms with Gasteiger partial charge in [-0.3, -0.25) is 0 Å². The van der Waals surface area contributed by atoms with Gasteiger partial charge in [-0.15, -0.1) is 0 Å². The van der Waals surface area contributed by atoms with E-state index in [0.717, 1.165) is 6.07 Å². The number of rotatable bonds is 3. The number of carbonyl (C=O) groups excluding carboxylic acids is 1. The molecular weight excluding hydrogens is 318 g/mol. The minimum absolute atomic E-state index is 0.0259. The van der Waals surface area contributed by atoms with E-state index in [1.807, 2.05) is 0 Å². The summed E-state index contributed by atoms with van der Waals surface area (Å²) in [4.78, 5) is 16.3. The summed E-state index contributed by atoms with van der Waals surface area (Å²) in [6, 6.07) is 9.83. The van der Waals surface area contributed by atoms with Crippen LogP contribution in [0.5, 0.6) is 0 Å². The minimum atomic E-state index is -0.984. The van der Waals surface area contributed by atoms with Crippen molar-refractivity contribution < 1.29 is 23.0 Å². The Hall–Kier alpha value is -3.09. The maximum Gasteiger partial charge on any atom is 0.407 e. The van der Waals surface area contributed by atoms with E-state index in [4.69, 9.17) is 4.74 Å². The maximum absolute atomic E-state index is 14.0. The van der Waals surface area contributed by atoms with E-state index in [2.05, 4.69) is 4.98 Å². The monoisotopic (exact) mass is 330 g/mol. The predicted molar refractivity (Wildman–Crippen MR) is 82.0 cm³/mol. The average molecular weight is 330 g/mol. The zero-order valence-electron chi connectivity index (χ0n) is 12.6. The van der Waals surface area contributed by atoms with Crippen LogP contribution < -0.4 is 4.73 Å². The van der Waals surface area contributed by atoms with Crippen LogP contribution in [0.3, 0.4) is 0 Å². The molecule has 0 N–H and O–H groups in total. The predicted octanol–water partition coefficient (Wildman–Crippen LogP) is 2.99. The normalized spacial score (nSPS) is 10.8. The van der Waals surface area contributed by atoms with Crippen molar-refractivity contribution in [2.45, 2.75) is 6.92 Å². The SMILES string of the molecule is CCOC(=O)c1c(-c2ccccc2)nc2c(F)cc(F)cc2[n+]1[O-]. The van der Waals surface area contributed by atoms with Crippen LogP contribution in [0.2, 0.25) is 0 Å². The van der Waals surface area contributed by atoms with Gasteiger partial charge in [0.25, 0.3) is 0 Å². The van der Waals surface area contributed by atoms with E-state index < -0.39 is 23.3 Å². The Morgan fingerprint density at radius 2 is 1.96 bits per heavy atom. The molecular formula is C17H12F2N2O3. The lowest BCUT2D eigenvalue weighted by molar-refractivity contribution is -0.580. The lowest BCUT2D eigenvalue weighted by Crippen LogP contribution is -2.38. The first-order chi connectivity index (χ1) is 11.5. The van der Waals surface area contributed by atoms with Crippen LogP contribution in [0, 0.1) is 16.8 Å². The van der Waals surface area contributed by atoms with Crippen LogP contribution in [0.15, 0.2) is 42.5 Å². The van der Waals surface area contributed by atoms with Crippen molar-refractivity contribution in [1.82, 2.24) is 4.98 Å². The Balaban J connectivity index is 2.40. The Bertz CT molecular complexity index is 930. The number of nitrogens with zero attached hydrogens (tertiary/aromatic N) is 2. The Morgan fingerprint density at radius 3 is 2.62 bits per heavy atom. The van der Waals surface area contributed by atoms with Gasteiger partial charge in [0.15, 0.2) is 17.0 Å². The first-order valence-electron chi connectivity index (χ1n) is 7.17.